The highest BCUT2D eigenvalue weighted by Crippen LogP contribution is 2.22. The molecule has 2 aromatic rings. The lowest BCUT2D eigenvalue weighted by atomic mass is 10.1. The van der Waals surface area contributed by atoms with Gasteiger partial charge in [0.1, 0.15) is 12.7 Å². The van der Waals surface area contributed by atoms with E-state index >= 15 is 0 Å². The maximum absolute atomic E-state index is 12.4. The molecule has 0 aliphatic carbocycles. The molecule has 3 heterocycles. The number of aromatic nitrogens is 3. The molecule has 0 bridgehead atoms. The number of carbonyl (C=O) groups is 1. The van der Waals surface area contributed by atoms with Crippen molar-refractivity contribution in [2.75, 3.05) is 13.1 Å². The van der Waals surface area contributed by atoms with Gasteiger partial charge in [0, 0.05) is 22.8 Å². The molecule has 1 aliphatic heterocycles. The number of aryl methyl sites for hydroxylation is 1. The molecule has 1 fully saturated rings. The summed E-state index contributed by atoms with van der Waals surface area (Å²) < 4.78 is 1.87. The zero-order chi connectivity index (χ0) is 13.9. The molecule has 6 heteroatoms. The zero-order valence-corrected chi connectivity index (χ0v) is 12.3. The van der Waals surface area contributed by atoms with Crippen molar-refractivity contribution in [2.24, 2.45) is 0 Å². The SMILES string of the molecule is Cc1ccc(CC(=O)N2CCCC(n3cncn3)C2)s1. The Morgan fingerprint density at radius 2 is 2.40 bits per heavy atom. The van der Waals surface area contributed by atoms with E-state index in [2.05, 4.69) is 29.1 Å². The van der Waals surface area contributed by atoms with Crippen LogP contribution in [0.25, 0.3) is 0 Å². The van der Waals surface area contributed by atoms with Crippen LogP contribution in [0, 0.1) is 6.92 Å². The Morgan fingerprint density at radius 1 is 1.50 bits per heavy atom. The Kier molecular flexibility index (Phi) is 3.82. The van der Waals surface area contributed by atoms with Crippen LogP contribution < -0.4 is 0 Å². The first kappa shape index (κ1) is 13.3. The zero-order valence-electron chi connectivity index (χ0n) is 11.5. The van der Waals surface area contributed by atoms with E-state index in [0.717, 1.165) is 30.8 Å². The van der Waals surface area contributed by atoms with E-state index in [1.54, 1.807) is 24.0 Å². The van der Waals surface area contributed by atoms with Crippen molar-refractivity contribution in [2.45, 2.75) is 32.2 Å². The standard InChI is InChI=1S/C14H18N4OS/c1-11-4-5-13(20-11)7-14(19)17-6-2-3-12(8-17)18-10-15-9-16-18/h4-5,9-10,12H,2-3,6-8H2,1H3. The number of nitrogens with zero attached hydrogens (tertiary/aromatic N) is 4. The summed E-state index contributed by atoms with van der Waals surface area (Å²) in [6.07, 6.45) is 5.89. The molecule has 3 rings (SSSR count). The number of carbonyl (C=O) groups excluding carboxylic acids is 1. The fourth-order valence-electron chi connectivity index (χ4n) is 2.64. The van der Waals surface area contributed by atoms with Crippen molar-refractivity contribution in [3.63, 3.8) is 0 Å². The van der Waals surface area contributed by atoms with Gasteiger partial charge in [0.25, 0.3) is 0 Å². The summed E-state index contributed by atoms with van der Waals surface area (Å²) >= 11 is 1.70. The van der Waals surface area contributed by atoms with Gasteiger partial charge < -0.3 is 4.90 Å². The van der Waals surface area contributed by atoms with Crippen LogP contribution in [0.5, 0.6) is 0 Å². The van der Waals surface area contributed by atoms with E-state index in [0.29, 0.717) is 6.42 Å². The number of piperidine rings is 1. The molecular weight excluding hydrogens is 272 g/mol. The number of hydrogen-bond acceptors (Lipinski definition) is 4. The van der Waals surface area contributed by atoms with Crippen LogP contribution in [0.15, 0.2) is 24.8 Å². The van der Waals surface area contributed by atoms with Crippen molar-refractivity contribution in [1.29, 1.82) is 0 Å². The molecular formula is C14H18N4OS. The molecule has 0 N–H and O–H groups in total. The topological polar surface area (TPSA) is 51.0 Å². The Balaban J connectivity index is 1.63. The van der Waals surface area contributed by atoms with Gasteiger partial charge in [-0.15, -0.1) is 11.3 Å². The monoisotopic (exact) mass is 290 g/mol. The number of likely N-dealkylation sites (tertiary alicyclic amines) is 1. The van der Waals surface area contributed by atoms with Gasteiger partial charge >= 0.3 is 0 Å². The molecule has 1 saturated heterocycles. The maximum atomic E-state index is 12.4. The normalized spacial score (nSPS) is 19.2. The van der Waals surface area contributed by atoms with Crippen molar-refractivity contribution < 1.29 is 4.79 Å². The van der Waals surface area contributed by atoms with E-state index in [9.17, 15) is 4.79 Å². The van der Waals surface area contributed by atoms with E-state index < -0.39 is 0 Å². The average Bonchev–Trinajstić information content (AvgIpc) is 3.11. The number of thiophene rings is 1. The van der Waals surface area contributed by atoms with E-state index in [-0.39, 0.29) is 11.9 Å². The third kappa shape index (κ3) is 2.90. The van der Waals surface area contributed by atoms with Gasteiger partial charge in [-0.2, -0.15) is 5.10 Å². The van der Waals surface area contributed by atoms with Crippen LogP contribution in [0.1, 0.15) is 28.6 Å². The van der Waals surface area contributed by atoms with Gasteiger partial charge in [-0.3, -0.25) is 4.79 Å². The lowest BCUT2D eigenvalue weighted by Gasteiger charge is -2.32. The van der Waals surface area contributed by atoms with Crippen LogP contribution in [0.3, 0.4) is 0 Å². The minimum atomic E-state index is 0.219. The average molecular weight is 290 g/mol. The number of rotatable bonds is 3. The fourth-order valence-corrected chi connectivity index (χ4v) is 3.53. The third-order valence-corrected chi connectivity index (χ3v) is 4.68. The van der Waals surface area contributed by atoms with Gasteiger partial charge in [0.05, 0.1) is 12.5 Å². The van der Waals surface area contributed by atoms with E-state index in [1.165, 1.54) is 4.88 Å². The highest BCUT2D eigenvalue weighted by molar-refractivity contribution is 7.12. The molecule has 2 aromatic heterocycles. The predicted molar refractivity (Wildman–Crippen MR) is 77.6 cm³/mol. The second-order valence-corrected chi connectivity index (χ2v) is 6.57. The van der Waals surface area contributed by atoms with Crippen LogP contribution in [-0.4, -0.2) is 38.7 Å². The van der Waals surface area contributed by atoms with Crippen molar-refractivity contribution in [3.8, 4) is 0 Å². The van der Waals surface area contributed by atoms with Gasteiger partial charge in [0.15, 0.2) is 0 Å². The lowest BCUT2D eigenvalue weighted by Crippen LogP contribution is -2.41. The van der Waals surface area contributed by atoms with Crippen LogP contribution in [0.2, 0.25) is 0 Å². The van der Waals surface area contributed by atoms with Gasteiger partial charge in [-0.25, -0.2) is 9.67 Å². The van der Waals surface area contributed by atoms with Crippen molar-refractivity contribution in [3.05, 3.63) is 34.5 Å². The smallest absolute Gasteiger partial charge is 0.227 e. The molecule has 0 spiro atoms. The maximum Gasteiger partial charge on any atom is 0.227 e. The molecule has 1 unspecified atom stereocenters. The summed E-state index contributed by atoms with van der Waals surface area (Å²) in [5.41, 5.74) is 0. The van der Waals surface area contributed by atoms with Gasteiger partial charge in [-0.1, -0.05) is 0 Å². The highest BCUT2D eigenvalue weighted by Gasteiger charge is 2.25. The van der Waals surface area contributed by atoms with Crippen LogP contribution in [-0.2, 0) is 11.2 Å². The molecule has 1 atom stereocenters. The first-order valence-electron chi connectivity index (χ1n) is 6.89. The summed E-state index contributed by atoms with van der Waals surface area (Å²) in [5, 5.41) is 4.19. The van der Waals surface area contributed by atoms with Gasteiger partial charge in [0.2, 0.25) is 5.91 Å². The molecule has 1 aliphatic rings. The second-order valence-electron chi connectivity index (χ2n) is 5.20. The summed E-state index contributed by atoms with van der Waals surface area (Å²) in [6, 6.07) is 4.39. The molecule has 0 radical (unpaired) electrons. The Morgan fingerprint density at radius 3 is 3.10 bits per heavy atom. The number of amides is 1. The van der Waals surface area contributed by atoms with Crippen LogP contribution >= 0.6 is 11.3 Å². The number of hydrogen-bond donors (Lipinski definition) is 0. The molecule has 1 amide bonds. The van der Waals surface area contributed by atoms with Crippen molar-refractivity contribution in [1.82, 2.24) is 19.7 Å². The molecule has 106 valence electrons. The minimum absolute atomic E-state index is 0.219. The van der Waals surface area contributed by atoms with Gasteiger partial charge in [-0.05, 0) is 31.9 Å². The first-order valence-corrected chi connectivity index (χ1v) is 7.71. The largest absolute Gasteiger partial charge is 0.340 e. The predicted octanol–water partition coefficient (Wildman–Crippen LogP) is 2.05. The van der Waals surface area contributed by atoms with E-state index in [1.807, 2.05) is 9.58 Å². The summed E-state index contributed by atoms with van der Waals surface area (Å²) in [4.78, 5) is 20.7. The Hall–Kier alpha value is -1.69. The minimum Gasteiger partial charge on any atom is -0.340 e. The fraction of sp³-hybridized carbons (Fsp3) is 0.500. The molecule has 5 nitrogen and oxygen atoms in total. The van der Waals surface area contributed by atoms with Crippen molar-refractivity contribution >= 4 is 17.2 Å². The second kappa shape index (κ2) is 5.75. The van der Waals surface area contributed by atoms with Crippen LogP contribution in [0.4, 0.5) is 0 Å². The lowest BCUT2D eigenvalue weighted by molar-refractivity contribution is -0.132. The highest BCUT2D eigenvalue weighted by atomic mass is 32.1. The molecule has 20 heavy (non-hydrogen) atoms. The first-order chi connectivity index (χ1) is 9.72. The summed E-state index contributed by atoms with van der Waals surface area (Å²) in [7, 11) is 0. The Labute approximate surface area is 122 Å². The summed E-state index contributed by atoms with van der Waals surface area (Å²) in [5.74, 6) is 0.219. The molecule has 0 saturated carbocycles. The van der Waals surface area contributed by atoms with E-state index in [4.69, 9.17) is 0 Å². The Bertz CT molecular complexity index is 578. The quantitative estimate of drug-likeness (QED) is 0.869. The molecule has 0 aromatic carbocycles. The third-order valence-electron chi connectivity index (χ3n) is 3.68. The summed E-state index contributed by atoms with van der Waals surface area (Å²) in [6.45, 7) is 3.67.